The summed E-state index contributed by atoms with van der Waals surface area (Å²) in [6.07, 6.45) is 2.18. The Bertz CT molecular complexity index is 915. The molecule has 0 spiro atoms. The summed E-state index contributed by atoms with van der Waals surface area (Å²) in [7, 11) is -3.33. The zero-order valence-electron chi connectivity index (χ0n) is 10.3. The van der Waals surface area contributed by atoms with Gasteiger partial charge in [-0.25, -0.2) is 13.2 Å². The van der Waals surface area contributed by atoms with E-state index in [-0.39, 0.29) is 10.5 Å². The third-order valence-electron chi connectivity index (χ3n) is 2.61. The fraction of sp³-hybridized carbons (Fsp3) is 0.0833. The number of rotatable bonds is 2. The number of sulfone groups is 1. The van der Waals surface area contributed by atoms with Crippen LogP contribution in [0.3, 0.4) is 0 Å². The standard InChI is InChI=1S/C12H9N3O4S/c1-20(18,19)10-4-2-9(3-5-10)15-7-8(6-13)11(16)14-12(15)17/h2-5,7H,1H3,(H,14,16,17). The minimum Gasteiger partial charge on any atom is -0.273 e. The molecule has 0 aliphatic heterocycles. The lowest BCUT2D eigenvalue weighted by atomic mass is 10.3. The maximum absolute atomic E-state index is 11.7. The van der Waals surface area contributed by atoms with Crippen molar-refractivity contribution in [3.63, 3.8) is 0 Å². The van der Waals surface area contributed by atoms with Gasteiger partial charge in [0.2, 0.25) is 0 Å². The third-order valence-corrected chi connectivity index (χ3v) is 3.73. The topological polar surface area (TPSA) is 113 Å². The minimum atomic E-state index is -3.33. The summed E-state index contributed by atoms with van der Waals surface area (Å²) < 4.78 is 23.7. The number of H-pyrrole nitrogens is 1. The molecule has 1 aromatic heterocycles. The summed E-state index contributed by atoms with van der Waals surface area (Å²) >= 11 is 0. The van der Waals surface area contributed by atoms with Crippen LogP contribution in [0.15, 0.2) is 44.9 Å². The Morgan fingerprint density at radius 3 is 2.30 bits per heavy atom. The molecule has 0 amide bonds. The second-order valence-corrected chi connectivity index (χ2v) is 6.07. The van der Waals surface area contributed by atoms with Crippen LogP contribution < -0.4 is 11.2 Å². The first-order valence-electron chi connectivity index (χ1n) is 5.39. The Morgan fingerprint density at radius 2 is 1.80 bits per heavy atom. The van der Waals surface area contributed by atoms with E-state index in [1.807, 2.05) is 4.98 Å². The molecule has 0 unspecified atom stereocenters. The largest absolute Gasteiger partial charge is 0.332 e. The van der Waals surface area contributed by atoms with Crippen LogP contribution in [0.2, 0.25) is 0 Å². The first kappa shape index (κ1) is 13.8. The molecule has 102 valence electrons. The Hall–Kier alpha value is -2.66. The van der Waals surface area contributed by atoms with Crippen LogP contribution in [0.1, 0.15) is 5.56 Å². The van der Waals surface area contributed by atoms with Crippen molar-refractivity contribution in [3.05, 3.63) is 56.9 Å². The smallest absolute Gasteiger partial charge is 0.273 e. The fourth-order valence-corrected chi connectivity index (χ4v) is 2.23. The van der Waals surface area contributed by atoms with Crippen LogP contribution in [0.25, 0.3) is 5.69 Å². The van der Waals surface area contributed by atoms with Crippen LogP contribution >= 0.6 is 0 Å². The summed E-state index contributed by atoms with van der Waals surface area (Å²) in [5.41, 5.74) is -1.34. The van der Waals surface area contributed by atoms with E-state index in [9.17, 15) is 18.0 Å². The van der Waals surface area contributed by atoms with Crippen molar-refractivity contribution in [2.75, 3.05) is 6.26 Å². The molecule has 8 heteroatoms. The van der Waals surface area contributed by atoms with Gasteiger partial charge in [0.15, 0.2) is 9.84 Å². The number of aromatic nitrogens is 2. The third kappa shape index (κ3) is 2.53. The molecule has 2 aromatic rings. The van der Waals surface area contributed by atoms with Gasteiger partial charge in [0.1, 0.15) is 11.6 Å². The van der Waals surface area contributed by atoms with E-state index >= 15 is 0 Å². The molecule has 0 bridgehead atoms. The fourth-order valence-electron chi connectivity index (χ4n) is 1.60. The van der Waals surface area contributed by atoms with E-state index in [0.717, 1.165) is 17.0 Å². The molecule has 1 heterocycles. The lowest BCUT2D eigenvalue weighted by Crippen LogP contribution is -2.30. The number of benzene rings is 1. The van der Waals surface area contributed by atoms with Gasteiger partial charge in [-0.05, 0) is 24.3 Å². The van der Waals surface area contributed by atoms with Gasteiger partial charge in [0, 0.05) is 12.5 Å². The van der Waals surface area contributed by atoms with Crippen LogP contribution in [0.5, 0.6) is 0 Å². The normalized spacial score (nSPS) is 11.0. The van der Waals surface area contributed by atoms with Crippen LogP contribution in [-0.2, 0) is 9.84 Å². The molecule has 0 saturated heterocycles. The van der Waals surface area contributed by atoms with Gasteiger partial charge in [-0.2, -0.15) is 5.26 Å². The molecular weight excluding hydrogens is 282 g/mol. The van der Waals surface area contributed by atoms with Gasteiger partial charge < -0.3 is 0 Å². The highest BCUT2D eigenvalue weighted by atomic mass is 32.2. The van der Waals surface area contributed by atoms with Crippen molar-refractivity contribution >= 4 is 9.84 Å². The zero-order valence-corrected chi connectivity index (χ0v) is 11.1. The second kappa shape index (κ2) is 4.79. The average Bonchev–Trinajstić information content (AvgIpc) is 2.38. The molecule has 0 fully saturated rings. The molecule has 0 saturated carbocycles. The quantitative estimate of drug-likeness (QED) is 0.823. The van der Waals surface area contributed by atoms with Gasteiger partial charge in [-0.15, -0.1) is 0 Å². The van der Waals surface area contributed by atoms with Gasteiger partial charge in [0.05, 0.1) is 10.6 Å². The highest BCUT2D eigenvalue weighted by Crippen LogP contribution is 2.12. The van der Waals surface area contributed by atoms with E-state index < -0.39 is 21.1 Å². The number of aromatic amines is 1. The van der Waals surface area contributed by atoms with Gasteiger partial charge >= 0.3 is 5.69 Å². The monoisotopic (exact) mass is 291 g/mol. The van der Waals surface area contributed by atoms with Crippen molar-refractivity contribution in [2.45, 2.75) is 4.90 Å². The average molecular weight is 291 g/mol. The van der Waals surface area contributed by atoms with Crippen molar-refractivity contribution in [3.8, 4) is 11.8 Å². The number of nitrogens with zero attached hydrogens (tertiary/aromatic N) is 2. The van der Waals surface area contributed by atoms with Crippen LogP contribution in [0.4, 0.5) is 0 Å². The summed E-state index contributed by atoms with van der Waals surface area (Å²) in [5.74, 6) is 0. The summed E-state index contributed by atoms with van der Waals surface area (Å²) in [6, 6.07) is 7.18. The Balaban J connectivity index is 2.62. The predicted molar refractivity (Wildman–Crippen MR) is 70.5 cm³/mol. The summed E-state index contributed by atoms with van der Waals surface area (Å²) in [6.45, 7) is 0. The molecule has 0 aliphatic carbocycles. The SMILES string of the molecule is CS(=O)(=O)c1ccc(-n2cc(C#N)c(=O)[nH]c2=O)cc1. The Kier molecular flexibility index (Phi) is 3.29. The summed E-state index contributed by atoms with van der Waals surface area (Å²) in [5, 5.41) is 8.77. The Labute approximate surface area is 113 Å². The van der Waals surface area contributed by atoms with Gasteiger partial charge in [0.25, 0.3) is 5.56 Å². The molecule has 0 atom stereocenters. The van der Waals surface area contributed by atoms with Crippen molar-refractivity contribution in [2.24, 2.45) is 0 Å². The van der Waals surface area contributed by atoms with Crippen LogP contribution in [0, 0.1) is 11.3 Å². The van der Waals surface area contributed by atoms with Gasteiger partial charge in [-0.3, -0.25) is 14.3 Å². The lowest BCUT2D eigenvalue weighted by Gasteiger charge is -2.06. The predicted octanol–water partition coefficient (Wildman–Crippen LogP) is -0.199. The summed E-state index contributed by atoms with van der Waals surface area (Å²) in [4.78, 5) is 25.1. The molecular formula is C12H9N3O4S. The van der Waals surface area contributed by atoms with E-state index in [1.54, 1.807) is 6.07 Å². The van der Waals surface area contributed by atoms with Crippen molar-refractivity contribution < 1.29 is 8.42 Å². The van der Waals surface area contributed by atoms with E-state index in [2.05, 4.69) is 0 Å². The minimum absolute atomic E-state index is 0.110. The maximum atomic E-state index is 11.7. The van der Waals surface area contributed by atoms with Crippen LogP contribution in [-0.4, -0.2) is 24.2 Å². The van der Waals surface area contributed by atoms with Gasteiger partial charge in [-0.1, -0.05) is 0 Å². The maximum Gasteiger partial charge on any atom is 0.332 e. The molecule has 1 aromatic carbocycles. The highest BCUT2D eigenvalue weighted by Gasteiger charge is 2.09. The number of nitriles is 1. The number of nitrogens with one attached hydrogen (secondary N) is 1. The highest BCUT2D eigenvalue weighted by molar-refractivity contribution is 7.90. The molecule has 2 rings (SSSR count). The second-order valence-electron chi connectivity index (χ2n) is 4.05. The molecule has 1 N–H and O–H groups in total. The zero-order chi connectivity index (χ0) is 14.9. The van der Waals surface area contributed by atoms with E-state index in [4.69, 9.17) is 5.26 Å². The number of hydrogen-bond donors (Lipinski definition) is 1. The molecule has 0 aliphatic rings. The molecule has 7 nitrogen and oxygen atoms in total. The first-order chi connectivity index (χ1) is 9.32. The number of hydrogen-bond acceptors (Lipinski definition) is 5. The van der Waals surface area contributed by atoms with E-state index in [0.29, 0.717) is 5.69 Å². The lowest BCUT2D eigenvalue weighted by molar-refractivity contribution is 0.602. The first-order valence-corrected chi connectivity index (χ1v) is 7.28. The van der Waals surface area contributed by atoms with Crippen molar-refractivity contribution in [1.82, 2.24) is 9.55 Å². The molecule has 0 radical (unpaired) electrons. The Morgan fingerprint density at radius 1 is 1.20 bits per heavy atom. The van der Waals surface area contributed by atoms with E-state index in [1.165, 1.54) is 24.3 Å². The van der Waals surface area contributed by atoms with Crippen molar-refractivity contribution in [1.29, 1.82) is 5.26 Å². The molecule has 20 heavy (non-hydrogen) atoms.